The van der Waals surface area contributed by atoms with E-state index in [2.05, 4.69) is 29.8 Å². The first-order valence-electron chi connectivity index (χ1n) is 6.92. The van der Waals surface area contributed by atoms with Crippen LogP contribution < -0.4 is 15.4 Å². The molecule has 1 aliphatic heterocycles. The predicted octanol–water partition coefficient (Wildman–Crippen LogP) is 1.86. The van der Waals surface area contributed by atoms with Crippen LogP contribution in [0.1, 0.15) is 25.5 Å². The van der Waals surface area contributed by atoms with Crippen molar-refractivity contribution in [1.82, 2.24) is 4.90 Å². The third-order valence-electron chi connectivity index (χ3n) is 3.86. The molecule has 2 N–H and O–H groups in total. The van der Waals surface area contributed by atoms with Crippen molar-refractivity contribution in [2.45, 2.75) is 25.9 Å². The number of nitrogens with two attached hydrogens (primary N) is 1. The van der Waals surface area contributed by atoms with E-state index in [9.17, 15) is 0 Å². The Hall–Kier alpha value is -1.26. The lowest BCUT2D eigenvalue weighted by Crippen LogP contribution is -2.51. The number of methoxy groups -OCH3 is 1. The number of hydrogen-bond donors (Lipinski definition) is 1. The third-order valence-corrected chi connectivity index (χ3v) is 3.86. The van der Waals surface area contributed by atoms with Crippen LogP contribution in [0.3, 0.4) is 0 Å². The second-order valence-corrected chi connectivity index (χ2v) is 5.49. The highest BCUT2D eigenvalue weighted by atomic mass is 16.5. The van der Waals surface area contributed by atoms with Crippen molar-refractivity contribution >= 4 is 5.69 Å². The van der Waals surface area contributed by atoms with Crippen LogP contribution >= 0.6 is 0 Å². The van der Waals surface area contributed by atoms with Crippen LogP contribution in [0.4, 0.5) is 5.69 Å². The summed E-state index contributed by atoms with van der Waals surface area (Å²) < 4.78 is 5.48. The quantitative estimate of drug-likeness (QED) is 0.904. The maximum Gasteiger partial charge on any atom is 0.125 e. The zero-order chi connectivity index (χ0) is 14.0. The molecule has 106 valence electrons. The molecule has 4 heteroatoms. The van der Waals surface area contributed by atoms with Gasteiger partial charge in [-0.05, 0) is 33.0 Å². The van der Waals surface area contributed by atoms with Gasteiger partial charge in [-0.3, -0.25) is 0 Å². The molecular formula is C15H25N3O. The van der Waals surface area contributed by atoms with E-state index in [0.717, 1.165) is 30.9 Å². The van der Waals surface area contributed by atoms with Gasteiger partial charge in [0, 0.05) is 43.0 Å². The predicted molar refractivity (Wildman–Crippen MR) is 79.9 cm³/mol. The van der Waals surface area contributed by atoms with Crippen molar-refractivity contribution in [2.24, 2.45) is 5.73 Å². The molecule has 1 heterocycles. The topological polar surface area (TPSA) is 41.7 Å². The van der Waals surface area contributed by atoms with E-state index < -0.39 is 0 Å². The number of piperazine rings is 1. The van der Waals surface area contributed by atoms with Gasteiger partial charge >= 0.3 is 0 Å². The van der Waals surface area contributed by atoms with Crippen LogP contribution in [-0.2, 0) is 0 Å². The van der Waals surface area contributed by atoms with Gasteiger partial charge in [0.05, 0.1) is 7.11 Å². The molecule has 2 rings (SSSR count). The fourth-order valence-corrected chi connectivity index (χ4v) is 2.92. The van der Waals surface area contributed by atoms with Gasteiger partial charge in [0.1, 0.15) is 5.75 Å². The first-order chi connectivity index (χ1) is 9.04. The zero-order valence-electron chi connectivity index (χ0n) is 12.4. The molecule has 0 bridgehead atoms. The summed E-state index contributed by atoms with van der Waals surface area (Å²) in [7, 11) is 3.88. The number of anilines is 1. The molecule has 0 aliphatic carbocycles. The van der Waals surface area contributed by atoms with Crippen LogP contribution in [0, 0.1) is 0 Å². The monoisotopic (exact) mass is 263 g/mol. The summed E-state index contributed by atoms with van der Waals surface area (Å²) in [6.45, 7) is 7.47. The summed E-state index contributed by atoms with van der Waals surface area (Å²) in [6.07, 6.45) is 0. The van der Waals surface area contributed by atoms with Crippen molar-refractivity contribution in [2.75, 3.05) is 38.7 Å². The Morgan fingerprint density at radius 3 is 2.68 bits per heavy atom. The van der Waals surface area contributed by atoms with Crippen molar-refractivity contribution < 1.29 is 4.74 Å². The molecule has 0 radical (unpaired) electrons. The minimum atomic E-state index is -0.0296. The minimum absolute atomic E-state index is 0.0296. The van der Waals surface area contributed by atoms with Crippen LogP contribution in [-0.4, -0.2) is 44.7 Å². The van der Waals surface area contributed by atoms with E-state index in [0.29, 0.717) is 6.04 Å². The van der Waals surface area contributed by atoms with Gasteiger partial charge in [-0.1, -0.05) is 6.07 Å². The summed E-state index contributed by atoms with van der Waals surface area (Å²) in [5, 5.41) is 0. The largest absolute Gasteiger partial charge is 0.496 e. The average molecular weight is 263 g/mol. The minimum Gasteiger partial charge on any atom is -0.496 e. The normalized spacial score (nSPS) is 22.4. The number of rotatable bonds is 3. The van der Waals surface area contributed by atoms with E-state index >= 15 is 0 Å². The number of likely N-dealkylation sites (N-methyl/N-ethyl adjacent to an activating group) is 1. The van der Waals surface area contributed by atoms with E-state index in [4.69, 9.17) is 10.5 Å². The summed E-state index contributed by atoms with van der Waals surface area (Å²) >= 11 is 0. The van der Waals surface area contributed by atoms with Gasteiger partial charge in [0.15, 0.2) is 0 Å². The standard InChI is InChI=1S/C15H25N3O/c1-11-10-17(3)8-9-18(11)13-6-5-7-14(19-4)15(13)12(2)16/h5-7,11-12H,8-10,16H2,1-4H3/t11?,12-/m0/s1. The van der Waals surface area contributed by atoms with Crippen LogP contribution in [0.5, 0.6) is 5.75 Å². The average Bonchev–Trinajstić information content (AvgIpc) is 2.37. The Labute approximate surface area is 116 Å². The number of nitrogens with zero attached hydrogens (tertiary/aromatic N) is 2. The second kappa shape index (κ2) is 5.80. The third kappa shape index (κ3) is 2.85. The molecule has 2 atom stereocenters. The SMILES string of the molecule is COc1cccc(N2CCN(C)CC2C)c1[C@H](C)N. The van der Waals surface area contributed by atoms with Crippen molar-refractivity contribution in [3.63, 3.8) is 0 Å². The lowest BCUT2D eigenvalue weighted by molar-refractivity contribution is 0.275. The van der Waals surface area contributed by atoms with Gasteiger partial charge in [-0.15, -0.1) is 0 Å². The molecule has 1 unspecified atom stereocenters. The molecule has 1 fully saturated rings. The Morgan fingerprint density at radius 2 is 2.11 bits per heavy atom. The molecule has 0 amide bonds. The summed E-state index contributed by atoms with van der Waals surface area (Å²) in [5.74, 6) is 0.888. The molecule has 0 spiro atoms. The summed E-state index contributed by atoms with van der Waals surface area (Å²) in [6, 6.07) is 6.65. The van der Waals surface area contributed by atoms with E-state index in [1.165, 1.54) is 5.69 Å². The number of benzene rings is 1. The lowest BCUT2D eigenvalue weighted by atomic mass is 10.0. The molecule has 1 saturated heterocycles. The highest BCUT2D eigenvalue weighted by molar-refractivity contribution is 5.61. The maximum atomic E-state index is 6.15. The number of ether oxygens (including phenoxy) is 1. The first-order valence-corrected chi connectivity index (χ1v) is 6.92. The first kappa shape index (κ1) is 14.2. The molecular weight excluding hydrogens is 238 g/mol. The Kier molecular flexibility index (Phi) is 4.32. The Balaban J connectivity index is 2.38. The fraction of sp³-hybridized carbons (Fsp3) is 0.600. The van der Waals surface area contributed by atoms with E-state index in [1.807, 2.05) is 19.1 Å². The van der Waals surface area contributed by atoms with Crippen LogP contribution in [0.15, 0.2) is 18.2 Å². The van der Waals surface area contributed by atoms with Crippen LogP contribution in [0.2, 0.25) is 0 Å². The molecule has 4 nitrogen and oxygen atoms in total. The Morgan fingerprint density at radius 1 is 1.37 bits per heavy atom. The highest BCUT2D eigenvalue weighted by Gasteiger charge is 2.25. The molecule has 19 heavy (non-hydrogen) atoms. The smallest absolute Gasteiger partial charge is 0.125 e. The lowest BCUT2D eigenvalue weighted by Gasteiger charge is -2.41. The number of hydrogen-bond acceptors (Lipinski definition) is 4. The molecule has 0 saturated carbocycles. The summed E-state index contributed by atoms with van der Waals surface area (Å²) in [5.41, 5.74) is 8.48. The fourth-order valence-electron chi connectivity index (χ4n) is 2.92. The molecule has 1 aromatic rings. The van der Waals surface area contributed by atoms with E-state index in [-0.39, 0.29) is 6.04 Å². The van der Waals surface area contributed by atoms with E-state index in [1.54, 1.807) is 7.11 Å². The molecule has 0 aromatic heterocycles. The molecule has 1 aromatic carbocycles. The van der Waals surface area contributed by atoms with Crippen molar-refractivity contribution in [3.05, 3.63) is 23.8 Å². The highest BCUT2D eigenvalue weighted by Crippen LogP contribution is 2.35. The second-order valence-electron chi connectivity index (χ2n) is 5.49. The van der Waals surface area contributed by atoms with Crippen molar-refractivity contribution in [1.29, 1.82) is 0 Å². The maximum absolute atomic E-state index is 6.15. The molecule has 1 aliphatic rings. The Bertz CT molecular complexity index is 433. The summed E-state index contributed by atoms with van der Waals surface area (Å²) in [4.78, 5) is 4.81. The zero-order valence-corrected chi connectivity index (χ0v) is 12.4. The van der Waals surface area contributed by atoms with Crippen LogP contribution in [0.25, 0.3) is 0 Å². The van der Waals surface area contributed by atoms with Gasteiger partial charge in [-0.2, -0.15) is 0 Å². The van der Waals surface area contributed by atoms with Gasteiger partial charge in [0.2, 0.25) is 0 Å². The van der Waals surface area contributed by atoms with Crippen molar-refractivity contribution in [3.8, 4) is 5.75 Å². The van der Waals surface area contributed by atoms with Gasteiger partial charge in [-0.25, -0.2) is 0 Å². The van der Waals surface area contributed by atoms with Gasteiger partial charge in [0.25, 0.3) is 0 Å². The van der Waals surface area contributed by atoms with Gasteiger partial charge < -0.3 is 20.3 Å².